The van der Waals surface area contributed by atoms with Gasteiger partial charge in [-0.1, -0.05) is 0 Å². The minimum absolute atomic E-state index is 0.0916. The molecule has 1 rings (SSSR count). The summed E-state index contributed by atoms with van der Waals surface area (Å²) in [4.78, 5) is 21.0. The van der Waals surface area contributed by atoms with Crippen LogP contribution in [0.5, 0.6) is 0 Å². The molecule has 0 aliphatic heterocycles. The first-order valence-corrected chi connectivity index (χ1v) is 4.08. The van der Waals surface area contributed by atoms with Gasteiger partial charge >= 0.3 is 5.97 Å². The standard InChI is InChI=1S/C8H13NO3/c1-5(10)9-4-6-2-3-7(6)8(11)12/h6-7H,2-4H2,1H3,(H,9,10)(H,11,12). The Balaban J connectivity index is 2.25. The van der Waals surface area contributed by atoms with Crippen LogP contribution in [0.25, 0.3) is 0 Å². The van der Waals surface area contributed by atoms with E-state index in [1.54, 1.807) is 0 Å². The number of aliphatic carboxylic acids is 1. The third-order valence-corrected chi connectivity index (χ3v) is 2.35. The summed E-state index contributed by atoms with van der Waals surface area (Å²) in [6.07, 6.45) is 1.66. The molecular formula is C8H13NO3. The van der Waals surface area contributed by atoms with Gasteiger partial charge in [-0.2, -0.15) is 0 Å². The molecule has 1 amide bonds. The van der Waals surface area contributed by atoms with Crippen molar-refractivity contribution in [2.45, 2.75) is 19.8 Å². The number of carbonyl (C=O) groups is 2. The number of nitrogens with one attached hydrogen (secondary N) is 1. The number of rotatable bonds is 3. The van der Waals surface area contributed by atoms with E-state index in [2.05, 4.69) is 5.32 Å². The lowest BCUT2D eigenvalue weighted by Gasteiger charge is -2.33. The third-order valence-electron chi connectivity index (χ3n) is 2.35. The molecule has 4 heteroatoms. The van der Waals surface area contributed by atoms with Gasteiger partial charge in [0.2, 0.25) is 5.91 Å². The van der Waals surface area contributed by atoms with Crippen LogP contribution in [-0.4, -0.2) is 23.5 Å². The van der Waals surface area contributed by atoms with Crippen molar-refractivity contribution in [3.05, 3.63) is 0 Å². The summed E-state index contributed by atoms with van der Waals surface area (Å²) in [5, 5.41) is 11.3. The van der Waals surface area contributed by atoms with Crippen molar-refractivity contribution >= 4 is 11.9 Å². The largest absolute Gasteiger partial charge is 0.481 e. The number of hydrogen-bond acceptors (Lipinski definition) is 2. The first-order chi connectivity index (χ1) is 5.61. The van der Waals surface area contributed by atoms with E-state index < -0.39 is 5.97 Å². The van der Waals surface area contributed by atoms with E-state index in [4.69, 9.17) is 5.11 Å². The molecular weight excluding hydrogens is 158 g/mol. The zero-order chi connectivity index (χ0) is 9.14. The Morgan fingerprint density at radius 2 is 2.17 bits per heavy atom. The van der Waals surface area contributed by atoms with Gasteiger partial charge in [0.25, 0.3) is 0 Å². The summed E-state index contributed by atoms with van der Waals surface area (Å²) in [7, 11) is 0. The van der Waals surface area contributed by atoms with Gasteiger partial charge in [-0.05, 0) is 18.8 Å². The van der Waals surface area contributed by atoms with Gasteiger partial charge in [-0.15, -0.1) is 0 Å². The highest BCUT2D eigenvalue weighted by molar-refractivity contribution is 5.73. The summed E-state index contributed by atoms with van der Waals surface area (Å²) in [5.74, 6) is -0.925. The van der Waals surface area contributed by atoms with Gasteiger partial charge in [-0.3, -0.25) is 9.59 Å². The summed E-state index contributed by atoms with van der Waals surface area (Å²) in [6, 6.07) is 0. The SMILES string of the molecule is CC(=O)NCC1CCC1C(=O)O. The van der Waals surface area contributed by atoms with Crippen LogP contribution in [0.2, 0.25) is 0 Å². The lowest BCUT2D eigenvalue weighted by molar-refractivity contribution is -0.148. The van der Waals surface area contributed by atoms with Crippen LogP contribution in [0.4, 0.5) is 0 Å². The molecule has 2 unspecified atom stereocenters. The molecule has 0 saturated heterocycles. The quantitative estimate of drug-likeness (QED) is 0.639. The summed E-state index contributed by atoms with van der Waals surface area (Å²) >= 11 is 0. The maximum absolute atomic E-state index is 10.5. The van der Waals surface area contributed by atoms with Gasteiger partial charge in [0.15, 0.2) is 0 Å². The maximum Gasteiger partial charge on any atom is 0.306 e. The van der Waals surface area contributed by atoms with Crippen LogP contribution in [-0.2, 0) is 9.59 Å². The molecule has 0 aromatic rings. The minimum atomic E-state index is -0.739. The van der Waals surface area contributed by atoms with Crippen molar-refractivity contribution in [2.75, 3.05) is 6.54 Å². The van der Waals surface area contributed by atoms with Crippen molar-refractivity contribution in [1.82, 2.24) is 5.32 Å². The third kappa shape index (κ3) is 1.96. The fourth-order valence-electron chi connectivity index (χ4n) is 1.41. The monoisotopic (exact) mass is 171 g/mol. The molecule has 0 spiro atoms. The lowest BCUT2D eigenvalue weighted by Crippen LogP contribution is -2.40. The normalized spacial score (nSPS) is 27.4. The average molecular weight is 171 g/mol. The molecule has 1 aliphatic rings. The number of carboxylic acids is 1. The molecule has 68 valence electrons. The average Bonchev–Trinajstić information content (AvgIpc) is 1.82. The molecule has 4 nitrogen and oxygen atoms in total. The number of hydrogen-bond donors (Lipinski definition) is 2. The number of carbonyl (C=O) groups excluding carboxylic acids is 1. The van der Waals surface area contributed by atoms with E-state index in [0.29, 0.717) is 6.54 Å². The molecule has 2 atom stereocenters. The molecule has 0 radical (unpaired) electrons. The zero-order valence-corrected chi connectivity index (χ0v) is 7.04. The highest BCUT2D eigenvalue weighted by Gasteiger charge is 2.36. The Labute approximate surface area is 71.0 Å². The molecule has 0 aromatic carbocycles. The van der Waals surface area contributed by atoms with E-state index in [0.717, 1.165) is 12.8 Å². The van der Waals surface area contributed by atoms with E-state index in [9.17, 15) is 9.59 Å². The van der Waals surface area contributed by atoms with Crippen molar-refractivity contribution < 1.29 is 14.7 Å². The fraction of sp³-hybridized carbons (Fsp3) is 0.750. The van der Waals surface area contributed by atoms with Crippen LogP contribution in [0.15, 0.2) is 0 Å². The summed E-state index contributed by atoms with van der Waals surface area (Å²) < 4.78 is 0. The van der Waals surface area contributed by atoms with Crippen molar-refractivity contribution in [2.24, 2.45) is 11.8 Å². The van der Waals surface area contributed by atoms with Gasteiger partial charge < -0.3 is 10.4 Å². The first kappa shape index (κ1) is 9.03. The van der Waals surface area contributed by atoms with Gasteiger partial charge in [-0.25, -0.2) is 0 Å². The number of carboxylic acid groups (broad SMARTS) is 1. The summed E-state index contributed by atoms with van der Waals surface area (Å²) in [6.45, 7) is 1.95. The molecule has 0 heterocycles. The van der Waals surface area contributed by atoms with Crippen LogP contribution >= 0.6 is 0 Å². The van der Waals surface area contributed by atoms with E-state index >= 15 is 0 Å². The van der Waals surface area contributed by atoms with Crippen LogP contribution in [0.3, 0.4) is 0 Å². The fourth-order valence-corrected chi connectivity index (χ4v) is 1.41. The molecule has 12 heavy (non-hydrogen) atoms. The number of amides is 1. The van der Waals surface area contributed by atoms with E-state index in [-0.39, 0.29) is 17.7 Å². The molecule has 1 aliphatic carbocycles. The van der Waals surface area contributed by atoms with Crippen LogP contribution in [0, 0.1) is 11.8 Å². The molecule has 2 N–H and O–H groups in total. The predicted molar refractivity (Wildman–Crippen MR) is 42.5 cm³/mol. The molecule has 1 saturated carbocycles. The zero-order valence-electron chi connectivity index (χ0n) is 7.04. The van der Waals surface area contributed by atoms with Gasteiger partial charge in [0.05, 0.1) is 5.92 Å². The smallest absolute Gasteiger partial charge is 0.306 e. The minimum Gasteiger partial charge on any atom is -0.481 e. The van der Waals surface area contributed by atoms with Crippen LogP contribution < -0.4 is 5.32 Å². The Kier molecular flexibility index (Phi) is 2.68. The second kappa shape index (κ2) is 3.56. The van der Waals surface area contributed by atoms with Gasteiger partial charge in [0, 0.05) is 13.5 Å². The Morgan fingerprint density at radius 3 is 2.50 bits per heavy atom. The summed E-state index contributed by atoms with van der Waals surface area (Å²) in [5.41, 5.74) is 0. The van der Waals surface area contributed by atoms with Crippen molar-refractivity contribution in [3.8, 4) is 0 Å². The van der Waals surface area contributed by atoms with E-state index in [1.807, 2.05) is 0 Å². The molecule has 0 bridgehead atoms. The Hall–Kier alpha value is -1.06. The predicted octanol–water partition coefficient (Wildman–Crippen LogP) is 0.233. The lowest BCUT2D eigenvalue weighted by atomic mass is 9.73. The van der Waals surface area contributed by atoms with Gasteiger partial charge in [0.1, 0.15) is 0 Å². The highest BCUT2D eigenvalue weighted by Crippen LogP contribution is 2.33. The Morgan fingerprint density at radius 1 is 1.50 bits per heavy atom. The van der Waals surface area contributed by atoms with Crippen LogP contribution in [0.1, 0.15) is 19.8 Å². The second-order valence-electron chi connectivity index (χ2n) is 3.22. The first-order valence-electron chi connectivity index (χ1n) is 4.08. The Bertz CT molecular complexity index is 202. The van der Waals surface area contributed by atoms with E-state index in [1.165, 1.54) is 6.92 Å². The maximum atomic E-state index is 10.5. The molecule has 0 aromatic heterocycles. The second-order valence-corrected chi connectivity index (χ2v) is 3.22. The highest BCUT2D eigenvalue weighted by atomic mass is 16.4. The van der Waals surface area contributed by atoms with Crippen molar-refractivity contribution in [3.63, 3.8) is 0 Å². The molecule has 1 fully saturated rings. The topological polar surface area (TPSA) is 66.4 Å². The van der Waals surface area contributed by atoms with Crippen molar-refractivity contribution in [1.29, 1.82) is 0 Å².